The largest absolute Gasteiger partial charge is 0.464 e. The summed E-state index contributed by atoms with van der Waals surface area (Å²) in [4.78, 5) is 12.7. The molecular weight excluding hydrogens is 298 g/mol. The van der Waals surface area contributed by atoms with Crippen LogP contribution in [-0.4, -0.2) is 25.2 Å². The van der Waals surface area contributed by atoms with Gasteiger partial charge in [-0.05, 0) is 24.5 Å². The Labute approximate surface area is 145 Å². The van der Waals surface area contributed by atoms with Crippen LogP contribution in [-0.2, 0) is 9.53 Å². The monoisotopic (exact) mass is 325 g/mol. The Bertz CT molecular complexity index is 558. The van der Waals surface area contributed by atoms with Crippen LogP contribution in [0.15, 0.2) is 60.7 Å². The molecule has 1 atom stereocenters. The normalized spacial score (nSPS) is 12.1. The smallest absolute Gasteiger partial charge is 0.317 e. The van der Waals surface area contributed by atoms with Gasteiger partial charge in [-0.1, -0.05) is 74.0 Å². The van der Waals surface area contributed by atoms with Gasteiger partial charge in [-0.2, -0.15) is 0 Å². The lowest BCUT2D eigenvalue weighted by atomic mass is 9.91. The molecule has 0 radical (unpaired) electrons. The summed E-state index contributed by atoms with van der Waals surface area (Å²) in [6, 6.07) is 20.1. The number of hydrogen-bond donors (Lipinski definition) is 1. The third kappa shape index (κ3) is 5.50. The molecule has 128 valence electrons. The Balaban J connectivity index is 1.99. The number of rotatable bonds is 9. The van der Waals surface area contributed by atoms with Crippen LogP contribution in [0.4, 0.5) is 0 Å². The molecule has 24 heavy (non-hydrogen) atoms. The fraction of sp³-hybridized carbons (Fsp3) is 0.381. The second-order valence-corrected chi connectivity index (χ2v) is 6.07. The van der Waals surface area contributed by atoms with E-state index in [1.165, 1.54) is 0 Å². The van der Waals surface area contributed by atoms with E-state index in [0.29, 0.717) is 19.2 Å². The molecule has 0 saturated carbocycles. The first-order valence-electron chi connectivity index (χ1n) is 8.72. The van der Waals surface area contributed by atoms with Crippen molar-refractivity contribution in [2.24, 2.45) is 0 Å². The van der Waals surface area contributed by atoms with Gasteiger partial charge in [-0.3, -0.25) is 4.79 Å². The predicted molar refractivity (Wildman–Crippen MR) is 98.1 cm³/mol. The first kappa shape index (κ1) is 18.2. The molecular formula is C21H27NO2. The molecule has 2 aromatic carbocycles. The highest BCUT2D eigenvalue weighted by atomic mass is 16.5. The Morgan fingerprint density at radius 1 is 1.00 bits per heavy atom. The summed E-state index contributed by atoms with van der Waals surface area (Å²) in [6.45, 7) is 5.40. The van der Waals surface area contributed by atoms with E-state index in [0.717, 1.165) is 24.0 Å². The van der Waals surface area contributed by atoms with Crippen molar-refractivity contribution in [1.82, 2.24) is 5.32 Å². The van der Waals surface area contributed by atoms with Gasteiger partial charge in [0, 0.05) is 12.6 Å². The molecule has 0 amide bonds. The second kappa shape index (κ2) is 9.89. The fourth-order valence-corrected chi connectivity index (χ4v) is 2.83. The molecule has 0 spiro atoms. The van der Waals surface area contributed by atoms with Crippen LogP contribution in [0.5, 0.6) is 0 Å². The molecule has 0 unspecified atom stereocenters. The quantitative estimate of drug-likeness (QED) is 0.556. The van der Waals surface area contributed by atoms with E-state index in [2.05, 4.69) is 19.2 Å². The van der Waals surface area contributed by atoms with Crippen molar-refractivity contribution in [2.75, 3.05) is 13.2 Å². The van der Waals surface area contributed by atoms with E-state index in [1.54, 1.807) is 0 Å². The van der Waals surface area contributed by atoms with E-state index in [9.17, 15) is 4.79 Å². The first-order valence-corrected chi connectivity index (χ1v) is 8.72. The van der Waals surface area contributed by atoms with Gasteiger partial charge in [0.2, 0.25) is 0 Å². The van der Waals surface area contributed by atoms with Crippen LogP contribution in [0.25, 0.3) is 0 Å². The molecule has 0 saturated heterocycles. The molecule has 0 aliphatic heterocycles. The topological polar surface area (TPSA) is 38.3 Å². The number of nitrogens with one attached hydrogen (secondary N) is 1. The van der Waals surface area contributed by atoms with E-state index in [-0.39, 0.29) is 11.9 Å². The maximum absolute atomic E-state index is 12.7. The lowest BCUT2D eigenvalue weighted by molar-refractivity contribution is -0.144. The summed E-state index contributed by atoms with van der Waals surface area (Å²) < 4.78 is 5.54. The van der Waals surface area contributed by atoms with Crippen LogP contribution in [0.1, 0.15) is 43.7 Å². The van der Waals surface area contributed by atoms with Crippen molar-refractivity contribution in [3.63, 3.8) is 0 Å². The molecule has 0 aliphatic carbocycles. The van der Waals surface area contributed by atoms with Crippen molar-refractivity contribution in [2.45, 2.75) is 38.6 Å². The molecule has 0 aromatic heterocycles. The van der Waals surface area contributed by atoms with Gasteiger partial charge in [0.15, 0.2) is 0 Å². The minimum Gasteiger partial charge on any atom is -0.464 e. The van der Waals surface area contributed by atoms with Gasteiger partial charge in [0.05, 0.1) is 0 Å². The van der Waals surface area contributed by atoms with Crippen molar-refractivity contribution in [3.8, 4) is 0 Å². The standard InChI is InChI=1S/C21H27NO2/c1-3-10-17(2)22-15-16-24-21(23)20(18-11-6-4-7-12-18)19-13-8-5-9-14-19/h4-9,11-14,17,20,22H,3,10,15-16H2,1-2H3/t17-/m1/s1. The summed E-state index contributed by atoms with van der Waals surface area (Å²) in [5.74, 6) is -0.571. The summed E-state index contributed by atoms with van der Waals surface area (Å²) >= 11 is 0. The van der Waals surface area contributed by atoms with Gasteiger partial charge in [0.25, 0.3) is 0 Å². The number of carbonyl (C=O) groups excluding carboxylic acids is 1. The van der Waals surface area contributed by atoms with E-state index in [4.69, 9.17) is 4.74 Å². The lowest BCUT2D eigenvalue weighted by Gasteiger charge is -2.18. The SMILES string of the molecule is CCC[C@@H](C)NCCOC(=O)C(c1ccccc1)c1ccccc1. The zero-order valence-electron chi connectivity index (χ0n) is 14.6. The summed E-state index contributed by atoms with van der Waals surface area (Å²) in [5, 5.41) is 3.38. The van der Waals surface area contributed by atoms with Gasteiger partial charge in [-0.25, -0.2) is 0 Å². The third-order valence-electron chi connectivity index (χ3n) is 4.06. The van der Waals surface area contributed by atoms with Gasteiger partial charge < -0.3 is 10.1 Å². The molecule has 3 nitrogen and oxygen atoms in total. The Kier molecular flexibility index (Phi) is 7.50. The molecule has 0 fully saturated rings. The Hall–Kier alpha value is -2.13. The molecule has 0 bridgehead atoms. The van der Waals surface area contributed by atoms with Crippen LogP contribution in [0.2, 0.25) is 0 Å². The van der Waals surface area contributed by atoms with Crippen LogP contribution in [0, 0.1) is 0 Å². The van der Waals surface area contributed by atoms with Crippen molar-refractivity contribution in [3.05, 3.63) is 71.8 Å². The molecule has 2 aromatic rings. The average Bonchev–Trinajstić information content (AvgIpc) is 2.61. The molecule has 0 heterocycles. The number of hydrogen-bond acceptors (Lipinski definition) is 3. The second-order valence-electron chi connectivity index (χ2n) is 6.07. The van der Waals surface area contributed by atoms with Crippen molar-refractivity contribution < 1.29 is 9.53 Å². The average molecular weight is 325 g/mol. The molecule has 2 rings (SSSR count). The summed E-state index contributed by atoms with van der Waals surface area (Å²) in [5.41, 5.74) is 1.92. The number of benzene rings is 2. The Morgan fingerprint density at radius 3 is 2.04 bits per heavy atom. The zero-order chi connectivity index (χ0) is 17.2. The van der Waals surface area contributed by atoms with E-state index < -0.39 is 0 Å². The molecule has 0 aliphatic rings. The van der Waals surface area contributed by atoms with Crippen molar-refractivity contribution in [1.29, 1.82) is 0 Å². The molecule has 3 heteroatoms. The van der Waals surface area contributed by atoms with Gasteiger partial charge in [0.1, 0.15) is 12.5 Å². The summed E-state index contributed by atoms with van der Waals surface area (Å²) in [7, 11) is 0. The number of carbonyl (C=O) groups is 1. The first-order chi connectivity index (χ1) is 11.7. The fourth-order valence-electron chi connectivity index (χ4n) is 2.83. The highest BCUT2D eigenvalue weighted by Gasteiger charge is 2.23. The number of ether oxygens (including phenoxy) is 1. The van der Waals surface area contributed by atoms with Crippen LogP contribution in [0.3, 0.4) is 0 Å². The highest BCUT2D eigenvalue weighted by molar-refractivity contribution is 5.82. The van der Waals surface area contributed by atoms with Crippen LogP contribution >= 0.6 is 0 Å². The van der Waals surface area contributed by atoms with E-state index in [1.807, 2.05) is 60.7 Å². The highest BCUT2D eigenvalue weighted by Crippen LogP contribution is 2.25. The zero-order valence-corrected chi connectivity index (χ0v) is 14.6. The Morgan fingerprint density at radius 2 is 1.54 bits per heavy atom. The maximum atomic E-state index is 12.7. The van der Waals surface area contributed by atoms with Crippen molar-refractivity contribution >= 4 is 5.97 Å². The maximum Gasteiger partial charge on any atom is 0.317 e. The summed E-state index contributed by atoms with van der Waals surface area (Å²) in [6.07, 6.45) is 2.28. The van der Waals surface area contributed by atoms with Gasteiger partial charge >= 0.3 is 5.97 Å². The van der Waals surface area contributed by atoms with Gasteiger partial charge in [-0.15, -0.1) is 0 Å². The predicted octanol–water partition coefficient (Wildman–Crippen LogP) is 4.14. The van der Waals surface area contributed by atoms with Crippen LogP contribution < -0.4 is 5.32 Å². The number of esters is 1. The third-order valence-corrected chi connectivity index (χ3v) is 4.06. The van der Waals surface area contributed by atoms with E-state index >= 15 is 0 Å². The minimum absolute atomic E-state index is 0.197. The lowest BCUT2D eigenvalue weighted by Crippen LogP contribution is -2.30. The minimum atomic E-state index is -0.375. The molecule has 1 N–H and O–H groups in total.